The zero-order valence-corrected chi connectivity index (χ0v) is 8.36. The van der Waals surface area contributed by atoms with Crippen molar-refractivity contribution < 1.29 is 4.39 Å². The standard InChI is InChI=1S/C10H20FN/c1-8(2)9-4-10(3,6-11)7-12-5-9/h8-9,12H,4-7H2,1-3H3/t9?,10-/m1/s1. The Kier molecular flexibility index (Phi) is 3.10. The molecule has 0 radical (unpaired) electrons. The highest BCUT2D eigenvalue weighted by molar-refractivity contribution is 4.86. The van der Waals surface area contributed by atoms with Crippen molar-refractivity contribution in [3.63, 3.8) is 0 Å². The van der Waals surface area contributed by atoms with Crippen LogP contribution < -0.4 is 5.32 Å². The number of alkyl halides is 1. The van der Waals surface area contributed by atoms with Gasteiger partial charge in [-0.2, -0.15) is 0 Å². The van der Waals surface area contributed by atoms with Gasteiger partial charge in [-0.05, 0) is 24.8 Å². The molecule has 1 nitrogen and oxygen atoms in total. The molecule has 1 unspecified atom stereocenters. The molecule has 0 amide bonds. The van der Waals surface area contributed by atoms with Crippen LogP contribution in [-0.2, 0) is 0 Å². The number of rotatable bonds is 2. The Morgan fingerprint density at radius 3 is 2.75 bits per heavy atom. The van der Waals surface area contributed by atoms with E-state index < -0.39 is 0 Å². The first-order valence-corrected chi connectivity index (χ1v) is 4.84. The summed E-state index contributed by atoms with van der Waals surface area (Å²) in [5.41, 5.74) is -0.104. The van der Waals surface area contributed by atoms with Crippen molar-refractivity contribution in [2.24, 2.45) is 17.3 Å². The predicted molar refractivity (Wildman–Crippen MR) is 49.9 cm³/mol. The van der Waals surface area contributed by atoms with Crippen LogP contribution in [0.15, 0.2) is 0 Å². The van der Waals surface area contributed by atoms with Gasteiger partial charge < -0.3 is 5.32 Å². The van der Waals surface area contributed by atoms with Crippen LogP contribution in [0.4, 0.5) is 4.39 Å². The minimum absolute atomic E-state index is 0.104. The molecule has 2 heteroatoms. The second-order valence-electron chi connectivity index (χ2n) is 4.78. The van der Waals surface area contributed by atoms with Gasteiger partial charge in [-0.1, -0.05) is 20.8 Å². The summed E-state index contributed by atoms with van der Waals surface area (Å²) in [5, 5.41) is 3.32. The lowest BCUT2D eigenvalue weighted by Crippen LogP contribution is -2.45. The second kappa shape index (κ2) is 3.73. The molecular formula is C10H20FN. The quantitative estimate of drug-likeness (QED) is 0.675. The first-order chi connectivity index (χ1) is 5.57. The highest BCUT2D eigenvalue weighted by atomic mass is 19.1. The molecule has 0 saturated carbocycles. The lowest BCUT2D eigenvalue weighted by atomic mass is 9.75. The van der Waals surface area contributed by atoms with E-state index in [9.17, 15) is 4.39 Å². The van der Waals surface area contributed by atoms with Crippen LogP contribution >= 0.6 is 0 Å². The number of piperidine rings is 1. The molecule has 0 bridgehead atoms. The molecule has 1 N–H and O–H groups in total. The van der Waals surface area contributed by atoms with Crippen molar-refractivity contribution >= 4 is 0 Å². The first kappa shape index (κ1) is 9.97. The first-order valence-electron chi connectivity index (χ1n) is 4.84. The van der Waals surface area contributed by atoms with Crippen molar-refractivity contribution in [3.05, 3.63) is 0 Å². The Hall–Kier alpha value is -0.110. The van der Waals surface area contributed by atoms with Crippen molar-refractivity contribution in [3.8, 4) is 0 Å². The molecular weight excluding hydrogens is 153 g/mol. The van der Waals surface area contributed by atoms with Gasteiger partial charge in [0.05, 0.1) is 6.67 Å². The van der Waals surface area contributed by atoms with E-state index in [1.54, 1.807) is 0 Å². The van der Waals surface area contributed by atoms with Crippen LogP contribution in [0, 0.1) is 17.3 Å². The zero-order valence-electron chi connectivity index (χ0n) is 8.36. The Morgan fingerprint density at radius 2 is 2.25 bits per heavy atom. The predicted octanol–water partition coefficient (Wildman–Crippen LogP) is 2.23. The van der Waals surface area contributed by atoms with Crippen molar-refractivity contribution in [2.45, 2.75) is 27.2 Å². The SMILES string of the molecule is CC(C)C1CNC[C@@](C)(CF)C1. The van der Waals surface area contributed by atoms with Gasteiger partial charge in [0, 0.05) is 12.0 Å². The fourth-order valence-corrected chi connectivity index (χ4v) is 1.91. The third kappa shape index (κ3) is 2.19. The van der Waals surface area contributed by atoms with Gasteiger partial charge in [-0.25, -0.2) is 0 Å². The van der Waals surface area contributed by atoms with Crippen molar-refractivity contribution in [1.82, 2.24) is 5.32 Å². The van der Waals surface area contributed by atoms with Crippen LogP contribution in [0.25, 0.3) is 0 Å². The van der Waals surface area contributed by atoms with E-state index in [1.807, 2.05) is 6.92 Å². The minimum atomic E-state index is -0.191. The van der Waals surface area contributed by atoms with Crippen LogP contribution in [0.3, 0.4) is 0 Å². The topological polar surface area (TPSA) is 12.0 Å². The molecule has 0 spiro atoms. The number of hydrogen-bond donors (Lipinski definition) is 1. The van der Waals surface area contributed by atoms with Crippen LogP contribution in [0.1, 0.15) is 27.2 Å². The summed E-state index contributed by atoms with van der Waals surface area (Å²) >= 11 is 0. The van der Waals surface area contributed by atoms with E-state index in [2.05, 4.69) is 19.2 Å². The van der Waals surface area contributed by atoms with Gasteiger partial charge in [-0.3, -0.25) is 4.39 Å². The maximum atomic E-state index is 12.7. The summed E-state index contributed by atoms with van der Waals surface area (Å²) in [6.07, 6.45) is 1.04. The Morgan fingerprint density at radius 1 is 1.58 bits per heavy atom. The molecule has 12 heavy (non-hydrogen) atoms. The Labute approximate surface area is 74.7 Å². The molecule has 0 aromatic carbocycles. The van der Waals surface area contributed by atoms with Crippen LogP contribution in [0.2, 0.25) is 0 Å². The number of halogens is 1. The van der Waals surface area contributed by atoms with Gasteiger partial charge in [0.25, 0.3) is 0 Å². The number of hydrogen-bond acceptors (Lipinski definition) is 1. The molecule has 1 rings (SSSR count). The summed E-state index contributed by atoms with van der Waals surface area (Å²) < 4.78 is 12.7. The molecule has 0 aromatic rings. The van der Waals surface area contributed by atoms with E-state index in [0.29, 0.717) is 11.8 Å². The molecule has 72 valence electrons. The van der Waals surface area contributed by atoms with E-state index in [-0.39, 0.29) is 12.1 Å². The zero-order chi connectivity index (χ0) is 9.19. The Balaban J connectivity index is 2.51. The molecule has 1 heterocycles. The average molecular weight is 173 g/mol. The maximum Gasteiger partial charge on any atom is 0.0960 e. The summed E-state index contributed by atoms with van der Waals surface area (Å²) in [6, 6.07) is 0. The van der Waals surface area contributed by atoms with E-state index in [1.165, 1.54) is 0 Å². The van der Waals surface area contributed by atoms with Crippen LogP contribution in [-0.4, -0.2) is 19.8 Å². The monoisotopic (exact) mass is 173 g/mol. The van der Waals surface area contributed by atoms with Crippen LogP contribution in [0.5, 0.6) is 0 Å². The molecule has 2 atom stereocenters. The lowest BCUT2D eigenvalue weighted by Gasteiger charge is -2.38. The lowest BCUT2D eigenvalue weighted by molar-refractivity contribution is 0.115. The third-order valence-electron chi connectivity index (χ3n) is 2.98. The summed E-state index contributed by atoms with van der Waals surface area (Å²) in [7, 11) is 0. The van der Waals surface area contributed by atoms with Crippen molar-refractivity contribution in [1.29, 1.82) is 0 Å². The Bertz CT molecular complexity index is 147. The van der Waals surface area contributed by atoms with E-state index >= 15 is 0 Å². The normalized spacial score (nSPS) is 37.2. The van der Waals surface area contributed by atoms with E-state index in [0.717, 1.165) is 19.5 Å². The molecule has 1 aliphatic heterocycles. The molecule has 0 aromatic heterocycles. The summed E-state index contributed by atoms with van der Waals surface area (Å²) in [5.74, 6) is 1.32. The van der Waals surface area contributed by atoms with Gasteiger partial charge in [0.2, 0.25) is 0 Å². The second-order valence-corrected chi connectivity index (χ2v) is 4.78. The minimum Gasteiger partial charge on any atom is -0.316 e. The van der Waals surface area contributed by atoms with Gasteiger partial charge in [0.1, 0.15) is 0 Å². The average Bonchev–Trinajstić information content (AvgIpc) is 2.05. The van der Waals surface area contributed by atoms with Crippen molar-refractivity contribution in [2.75, 3.05) is 19.8 Å². The fraction of sp³-hybridized carbons (Fsp3) is 1.00. The number of nitrogens with one attached hydrogen (secondary N) is 1. The van der Waals surface area contributed by atoms with Gasteiger partial charge in [0.15, 0.2) is 0 Å². The third-order valence-corrected chi connectivity index (χ3v) is 2.98. The maximum absolute atomic E-state index is 12.7. The van der Waals surface area contributed by atoms with Gasteiger partial charge >= 0.3 is 0 Å². The molecule has 1 saturated heterocycles. The summed E-state index contributed by atoms with van der Waals surface area (Å²) in [6.45, 7) is 8.18. The van der Waals surface area contributed by atoms with E-state index in [4.69, 9.17) is 0 Å². The highest BCUT2D eigenvalue weighted by Crippen LogP contribution is 2.32. The summed E-state index contributed by atoms with van der Waals surface area (Å²) in [4.78, 5) is 0. The molecule has 1 fully saturated rings. The largest absolute Gasteiger partial charge is 0.316 e. The fourth-order valence-electron chi connectivity index (χ4n) is 1.91. The molecule has 1 aliphatic rings. The van der Waals surface area contributed by atoms with Gasteiger partial charge in [-0.15, -0.1) is 0 Å². The highest BCUT2D eigenvalue weighted by Gasteiger charge is 2.33. The molecule has 0 aliphatic carbocycles. The smallest absolute Gasteiger partial charge is 0.0960 e.